The molecule has 12 heteroatoms. The number of methoxy groups -OCH3 is 1. The molecule has 0 saturated heterocycles. The molecule has 224 valence electrons. The van der Waals surface area contributed by atoms with Crippen molar-refractivity contribution in [3.63, 3.8) is 0 Å². The third-order valence-electron chi connectivity index (χ3n) is 6.95. The van der Waals surface area contributed by atoms with E-state index in [1.165, 1.54) is 23.1 Å². The van der Waals surface area contributed by atoms with E-state index in [1.807, 2.05) is 34.9 Å². The Balaban J connectivity index is 1.30. The molecule has 0 aliphatic heterocycles. The highest BCUT2D eigenvalue weighted by Crippen LogP contribution is 2.38. The predicted molar refractivity (Wildman–Crippen MR) is 166 cm³/mol. The Morgan fingerprint density at radius 3 is 2.65 bits per heavy atom. The van der Waals surface area contributed by atoms with Gasteiger partial charge in [0.1, 0.15) is 10.8 Å². The number of thiophene rings is 1. The average Bonchev–Trinajstić information content (AvgIpc) is 3.59. The second-order valence-corrected chi connectivity index (χ2v) is 11.9. The van der Waals surface area contributed by atoms with Gasteiger partial charge in [0, 0.05) is 10.4 Å². The third-order valence-corrected chi connectivity index (χ3v) is 9.13. The van der Waals surface area contributed by atoms with Crippen molar-refractivity contribution in [2.24, 2.45) is 0 Å². The quantitative estimate of drug-likeness (QED) is 0.166. The Bertz CT molecular complexity index is 1600. The molecule has 0 unspecified atom stereocenters. The molecule has 0 atom stereocenters. The van der Waals surface area contributed by atoms with Crippen molar-refractivity contribution in [1.29, 1.82) is 0 Å². The minimum Gasteiger partial charge on any atom is -0.497 e. The van der Waals surface area contributed by atoms with Crippen molar-refractivity contribution in [2.75, 3.05) is 24.8 Å². The van der Waals surface area contributed by atoms with Crippen molar-refractivity contribution in [2.45, 2.75) is 50.9 Å². The van der Waals surface area contributed by atoms with Crippen LogP contribution in [0.2, 0.25) is 0 Å². The number of hydrogen-bond donors (Lipinski definition) is 2. The van der Waals surface area contributed by atoms with Gasteiger partial charge in [-0.05, 0) is 61.9 Å². The predicted octanol–water partition coefficient (Wildman–Crippen LogP) is 5.11. The number of carbonyl (C=O) groups excluding carboxylic acids is 3. The van der Waals surface area contributed by atoms with Crippen LogP contribution < -0.4 is 15.4 Å². The number of rotatable bonds is 12. The number of anilines is 1. The van der Waals surface area contributed by atoms with Crippen LogP contribution in [0.1, 0.15) is 62.3 Å². The molecule has 1 aliphatic carbocycles. The van der Waals surface area contributed by atoms with E-state index >= 15 is 0 Å². The summed E-state index contributed by atoms with van der Waals surface area (Å²) in [5, 5.41) is 15.6. The van der Waals surface area contributed by atoms with E-state index in [1.54, 1.807) is 38.3 Å². The van der Waals surface area contributed by atoms with Crippen LogP contribution in [0.25, 0.3) is 0 Å². The highest BCUT2D eigenvalue weighted by molar-refractivity contribution is 7.99. The van der Waals surface area contributed by atoms with Gasteiger partial charge in [0.25, 0.3) is 5.91 Å². The van der Waals surface area contributed by atoms with Crippen molar-refractivity contribution in [3.05, 3.63) is 87.6 Å². The van der Waals surface area contributed by atoms with Crippen LogP contribution in [-0.4, -0.2) is 52.0 Å². The van der Waals surface area contributed by atoms with Crippen molar-refractivity contribution in [3.8, 4) is 5.75 Å². The highest BCUT2D eigenvalue weighted by Gasteiger charge is 2.27. The van der Waals surface area contributed by atoms with Crippen LogP contribution in [0.5, 0.6) is 5.75 Å². The van der Waals surface area contributed by atoms with E-state index in [4.69, 9.17) is 9.47 Å². The number of benzene rings is 2. The van der Waals surface area contributed by atoms with Gasteiger partial charge < -0.3 is 24.7 Å². The monoisotopic (exact) mass is 619 g/mol. The molecule has 0 radical (unpaired) electrons. The zero-order chi connectivity index (χ0) is 30.2. The SMILES string of the molecule is CCOC(=O)c1c(NC(=O)CSc2nnc(CNC(=O)c3cccc(OC)c3)n2Cc2ccccc2)sc2c1CCCC2. The topological polar surface area (TPSA) is 124 Å². The number of aromatic nitrogens is 3. The molecule has 2 aromatic carbocycles. The van der Waals surface area contributed by atoms with Crippen LogP contribution in [0, 0.1) is 0 Å². The smallest absolute Gasteiger partial charge is 0.341 e. The molecule has 0 fully saturated rings. The number of esters is 1. The van der Waals surface area contributed by atoms with E-state index in [0.29, 0.717) is 39.4 Å². The number of amides is 2. The Morgan fingerprint density at radius 2 is 1.86 bits per heavy atom. The first kappa shape index (κ1) is 30.3. The van der Waals surface area contributed by atoms with Gasteiger partial charge in [-0.2, -0.15) is 0 Å². The fourth-order valence-electron chi connectivity index (χ4n) is 4.87. The molecule has 0 spiro atoms. The molecule has 1 aliphatic rings. The van der Waals surface area contributed by atoms with E-state index in [0.717, 1.165) is 41.7 Å². The molecule has 2 amide bonds. The first-order chi connectivity index (χ1) is 21.0. The van der Waals surface area contributed by atoms with E-state index in [2.05, 4.69) is 20.8 Å². The van der Waals surface area contributed by atoms with Crippen molar-refractivity contribution >= 4 is 45.9 Å². The molecule has 10 nitrogen and oxygen atoms in total. The number of nitrogens with one attached hydrogen (secondary N) is 2. The van der Waals surface area contributed by atoms with Crippen molar-refractivity contribution in [1.82, 2.24) is 20.1 Å². The average molecular weight is 620 g/mol. The number of ether oxygens (including phenoxy) is 2. The Morgan fingerprint density at radius 1 is 1.05 bits per heavy atom. The zero-order valence-corrected chi connectivity index (χ0v) is 25.7. The summed E-state index contributed by atoms with van der Waals surface area (Å²) < 4.78 is 12.4. The molecule has 2 heterocycles. The second-order valence-electron chi connectivity index (χ2n) is 9.86. The lowest BCUT2D eigenvalue weighted by molar-refractivity contribution is -0.113. The summed E-state index contributed by atoms with van der Waals surface area (Å²) in [6.45, 7) is 2.65. The molecule has 0 bridgehead atoms. The normalized spacial score (nSPS) is 12.3. The maximum Gasteiger partial charge on any atom is 0.341 e. The zero-order valence-electron chi connectivity index (χ0n) is 24.1. The fraction of sp³-hybridized carbons (Fsp3) is 0.323. The minimum atomic E-state index is -0.395. The summed E-state index contributed by atoms with van der Waals surface area (Å²) in [5.74, 6) is 0.295. The maximum absolute atomic E-state index is 13.1. The number of fused-ring (bicyclic) bond motifs is 1. The first-order valence-electron chi connectivity index (χ1n) is 14.1. The Labute approximate surface area is 258 Å². The molecule has 4 aromatic rings. The summed E-state index contributed by atoms with van der Waals surface area (Å²) in [5.41, 5.74) is 2.98. The van der Waals surface area contributed by atoms with E-state index in [-0.39, 0.29) is 30.7 Å². The Kier molecular flexibility index (Phi) is 10.1. The summed E-state index contributed by atoms with van der Waals surface area (Å²) in [7, 11) is 1.55. The van der Waals surface area contributed by atoms with Crippen LogP contribution >= 0.6 is 23.1 Å². The van der Waals surface area contributed by atoms with Crippen LogP contribution in [-0.2, 0) is 35.5 Å². The van der Waals surface area contributed by atoms with Crippen LogP contribution in [0.3, 0.4) is 0 Å². The van der Waals surface area contributed by atoms with Crippen LogP contribution in [0.15, 0.2) is 59.8 Å². The standard InChI is InChI=1S/C31H33N5O5S2/c1-3-41-30(39)27-23-14-7-8-15-24(23)43-29(27)33-26(37)19-42-31-35-34-25(36(31)18-20-10-5-4-6-11-20)17-32-28(38)21-12-9-13-22(16-21)40-2/h4-6,9-13,16H,3,7-8,14-15,17-19H2,1-2H3,(H,32,38)(H,33,37). The number of carbonyl (C=O) groups is 3. The van der Waals surface area contributed by atoms with E-state index in [9.17, 15) is 14.4 Å². The summed E-state index contributed by atoms with van der Waals surface area (Å²) in [4.78, 5) is 39.9. The van der Waals surface area contributed by atoms with Gasteiger partial charge in [-0.3, -0.25) is 9.59 Å². The Hall–Kier alpha value is -4.16. The molecular formula is C31H33N5O5S2. The number of aryl methyl sites for hydroxylation is 1. The maximum atomic E-state index is 13.1. The molecule has 2 aromatic heterocycles. The molecule has 5 rings (SSSR count). The number of nitrogens with zero attached hydrogens (tertiary/aromatic N) is 3. The highest BCUT2D eigenvalue weighted by atomic mass is 32.2. The van der Waals surface area contributed by atoms with Gasteiger partial charge in [-0.25, -0.2) is 4.79 Å². The van der Waals surface area contributed by atoms with Gasteiger partial charge in [0.15, 0.2) is 11.0 Å². The molecule has 2 N–H and O–H groups in total. The molecular weight excluding hydrogens is 587 g/mol. The lowest BCUT2D eigenvalue weighted by atomic mass is 9.95. The largest absolute Gasteiger partial charge is 0.497 e. The van der Waals surface area contributed by atoms with Gasteiger partial charge in [-0.1, -0.05) is 48.2 Å². The van der Waals surface area contributed by atoms with Gasteiger partial charge in [0.05, 0.1) is 38.1 Å². The van der Waals surface area contributed by atoms with Crippen molar-refractivity contribution < 1.29 is 23.9 Å². The fourth-order valence-corrected chi connectivity index (χ4v) is 6.92. The second kappa shape index (κ2) is 14.3. The number of thioether (sulfide) groups is 1. The molecule has 0 saturated carbocycles. The molecule has 43 heavy (non-hydrogen) atoms. The lowest BCUT2D eigenvalue weighted by Gasteiger charge is -2.12. The van der Waals surface area contributed by atoms with Gasteiger partial charge in [0.2, 0.25) is 5.91 Å². The van der Waals surface area contributed by atoms with Gasteiger partial charge >= 0.3 is 5.97 Å². The number of hydrogen-bond acceptors (Lipinski definition) is 9. The lowest BCUT2D eigenvalue weighted by Crippen LogP contribution is -2.25. The third kappa shape index (κ3) is 7.44. The van der Waals surface area contributed by atoms with Gasteiger partial charge in [-0.15, -0.1) is 21.5 Å². The first-order valence-corrected chi connectivity index (χ1v) is 15.9. The van der Waals surface area contributed by atoms with E-state index < -0.39 is 5.97 Å². The summed E-state index contributed by atoms with van der Waals surface area (Å²) >= 11 is 2.71. The minimum absolute atomic E-state index is 0.0634. The summed E-state index contributed by atoms with van der Waals surface area (Å²) in [6, 6.07) is 16.7. The summed E-state index contributed by atoms with van der Waals surface area (Å²) in [6.07, 6.45) is 3.79. The van der Waals surface area contributed by atoms with Crippen LogP contribution in [0.4, 0.5) is 5.00 Å².